The van der Waals surface area contributed by atoms with Crippen LogP contribution in [0.2, 0.25) is 0 Å². The maximum Gasteiger partial charge on any atom is 0.160 e. The van der Waals surface area contributed by atoms with Crippen molar-refractivity contribution in [1.82, 2.24) is 9.97 Å². The van der Waals surface area contributed by atoms with Crippen molar-refractivity contribution in [2.75, 3.05) is 4.90 Å². The average Bonchev–Trinajstić information content (AvgIpc) is 3.09. The highest BCUT2D eigenvalue weighted by Gasteiger charge is 2.16. The molecule has 0 amide bonds. The lowest BCUT2D eigenvalue weighted by atomic mass is 9.98. The van der Waals surface area contributed by atoms with E-state index in [2.05, 4.69) is 163 Å². The largest absolute Gasteiger partial charge is 0.310 e. The van der Waals surface area contributed by atoms with Crippen molar-refractivity contribution in [3.63, 3.8) is 0 Å². The summed E-state index contributed by atoms with van der Waals surface area (Å²) in [6, 6.07) is 57.7. The molecule has 1 aliphatic heterocycles. The van der Waals surface area contributed by atoms with Crippen molar-refractivity contribution in [2.24, 2.45) is 0 Å². The summed E-state index contributed by atoms with van der Waals surface area (Å²) in [5.41, 5.74) is 12.7. The van der Waals surface area contributed by atoms with E-state index in [1.807, 2.05) is 6.07 Å². The normalized spacial score (nSPS) is 11.7. The van der Waals surface area contributed by atoms with Crippen LogP contribution in [0, 0.1) is 0 Å². The zero-order chi connectivity index (χ0) is 28.6. The molecular formula is C40H27N3. The van der Waals surface area contributed by atoms with Crippen molar-refractivity contribution in [1.29, 1.82) is 0 Å². The Balaban J connectivity index is 1.42. The van der Waals surface area contributed by atoms with Gasteiger partial charge in [-0.25, -0.2) is 9.97 Å². The summed E-state index contributed by atoms with van der Waals surface area (Å²) in [6.07, 6.45) is 0. The first-order chi connectivity index (χ1) is 21.3. The number of hydrogen-bond donors (Lipinski definition) is 0. The molecule has 3 nitrogen and oxygen atoms in total. The summed E-state index contributed by atoms with van der Waals surface area (Å²) in [5.74, 6) is 0.708. The number of anilines is 3. The lowest BCUT2D eigenvalue weighted by Crippen LogP contribution is -2.10. The Morgan fingerprint density at radius 3 is 1.35 bits per heavy atom. The Hall–Kier alpha value is -5.80. The van der Waals surface area contributed by atoms with Gasteiger partial charge in [0.25, 0.3) is 0 Å². The van der Waals surface area contributed by atoms with Gasteiger partial charge in [-0.15, -0.1) is 0 Å². The third-order valence-corrected chi connectivity index (χ3v) is 7.96. The molecule has 0 N–H and O–H groups in total. The van der Waals surface area contributed by atoms with Gasteiger partial charge in [-0.3, -0.25) is 0 Å². The predicted octanol–water partition coefficient (Wildman–Crippen LogP) is 10.6. The molecule has 8 rings (SSSR count). The zero-order valence-corrected chi connectivity index (χ0v) is 23.4. The van der Waals surface area contributed by atoms with Gasteiger partial charge in [-0.2, -0.15) is 0 Å². The van der Waals surface area contributed by atoms with E-state index >= 15 is 0 Å². The number of para-hydroxylation sites is 1. The molecule has 0 aliphatic carbocycles. The van der Waals surface area contributed by atoms with Gasteiger partial charge in [0.05, 0.1) is 11.4 Å². The van der Waals surface area contributed by atoms with Crippen molar-refractivity contribution in [2.45, 2.75) is 0 Å². The van der Waals surface area contributed by atoms with Gasteiger partial charge in [0.15, 0.2) is 5.82 Å². The van der Waals surface area contributed by atoms with Crippen LogP contribution < -0.4 is 4.90 Å². The standard InChI is InChI=1S/C40H27N3/c1-3-11-28(12-4-1)38-27-39-33-17-7-13-29(23-33)31-15-9-21-36(25-31)43(35-19-5-2-6-20-35)37-22-10-16-32(26-37)30-14-8-18-34(24-30)40(41-38)42-39/h1-27H. The first-order valence-corrected chi connectivity index (χ1v) is 14.5. The van der Waals surface area contributed by atoms with E-state index in [1.54, 1.807) is 0 Å². The molecule has 202 valence electrons. The number of hydrogen-bond acceptors (Lipinski definition) is 3. The van der Waals surface area contributed by atoms with E-state index < -0.39 is 0 Å². The fourth-order valence-electron chi connectivity index (χ4n) is 5.85. The van der Waals surface area contributed by atoms with Crippen LogP contribution in [0.15, 0.2) is 164 Å². The highest BCUT2D eigenvalue weighted by Crippen LogP contribution is 2.39. The second-order valence-electron chi connectivity index (χ2n) is 10.8. The molecule has 1 aliphatic rings. The minimum Gasteiger partial charge on any atom is -0.310 e. The third-order valence-electron chi connectivity index (χ3n) is 7.96. The van der Waals surface area contributed by atoms with E-state index in [0.717, 1.165) is 67.4 Å². The minimum atomic E-state index is 0.708. The molecule has 1 aromatic heterocycles. The summed E-state index contributed by atoms with van der Waals surface area (Å²) in [7, 11) is 0. The number of aromatic nitrogens is 2. The van der Waals surface area contributed by atoms with Gasteiger partial charge < -0.3 is 4.90 Å². The molecule has 3 heteroatoms. The second-order valence-corrected chi connectivity index (χ2v) is 10.8. The Labute approximate surface area is 251 Å². The highest BCUT2D eigenvalue weighted by atomic mass is 15.1. The topological polar surface area (TPSA) is 29.0 Å². The molecule has 2 heterocycles. The van der Waals surface area contributed by atoms with Gasteiger partial charge in [0.2, 0.25) is 0 Å². The summed E-state index contributed by atoms with van der Waals surface area (Å²) in [5, 5.41) is 0. The SMILES string of the molecule is c1ccc(-c2cc3nc(n2)-c2cccc(c2)-c2cccc(c2)N(c2ccccc2)c2cccc(c2)-c2cccc-3c2)cc1. The van der Waals surface area contributed by atoms with Crippen LogP contribution in [0.3, 0.4) is 0 Å². The van der Waals surface area contributed by atoms with Crippen LogP contribution in [0.5, 0.6) is 0 Å². The Morgan fingerprint density at radius 2 is 0.721 bits per heavy atom. The molecule has 0 unspecified atom stereocenters. The molecule has 7 aromatic rings. The van der Waals surface area contributed by atoms with Crippen molar-refractivity contribution >= 4 is 17.1 Å². The summed E-state index contributed by atoms with van der Waals surface area (Å²) in [4.78, 5) is 12.5. The van der Waals surface area contributed by atoms with E-state index in [9.17, 15) is 0 Å². The van der Waals surface area contributed by atoms with Gasteiger partial charge in [-0.1, -0.05) is 109 Å². The highest BCUT2D eigenvalue weighted by molar-refractivity contribution is 5.84. The molecule has 43 heavy (non-hydrogen) atoms. The lowest BCUT2D eigenvalue weighted by molar-refractivity contribution is 1.18. The first-order valence-electron chi connectivity index (χ1n) is 14.5. The monoisotopic (exact) mass is 549 g/mol. The van der Waals surface area contributed by atoms with Crippen LogP contribution in [-0.4, -0.2) is 9.97 Å². The number of benzene rings is 6. The number of fused-ring (bicyclic) bond motifs is 14. The maximum absolute atomic E-state index is 5.13. The van der Waals surface area contributed by atoms with Crippen molar-refractivity contribution in [3.05, 3.63) is 164 Å². The van der Waals surface area contributed by atoms with Gasteiger partial charge in [0, 0.05) is 33.8 Å². The quantitative estimate of drug-likeness (QED) is 0.215. The van der Waals surface area contributed by atoms with Crippen molar-refractivity contribution in [3.8, 4) is 56.2 Å². The maximum atomic E-state index is 5.13. The van der Waals surface area contributed by atoms with Crippen LogP contribution in [0.4, 0.5) is 17.1 Å². The summed E-state index contributed by atoms with van der Waals surface area (Å²) < 4.78 is 0. The van der Waals surface area contributed by atoms with Gasteiger partial charge in [-0.05, 0) is 76.9 Å². The Bertz CT molecular complexity index is 1970. The average molecular weight is 550 g/mol. The smallest absolute Gasteiger partial charge is 0.160 e. The lowest BCUT2D eigenvalue weighted by Gasteiger charge is -2.26. The molecule has 10 bridgehead atoms. The third kappa shape index (κ3) is 4.77. The first kappa shape index (κ1) is 25.0. The molecule has 6 aromatic carbocycles. The van der Waals surface area contributed by atoms with Crippen molar-refractivity contribution < 1.29 is 0 Å². The van der Waals surface area contributed by atoms with Crippen LogP contribution >= 0.6 is 0 Å². The van der Waals surface area contributed by atoms with E-state index in [1.165, 1.54) is 0 Å². The molecule has 0 radical (unpaired) electrons. The summed E-state index contributed by atoms with van der Waals surface area (Å²) >= 11 is 0. The van der Waals surface area contributed by atoms with Crippen LogP contribution in [0.1, 0.15) is 0 Å². The second kappa shape index (κ2) is 10.6. The molecule has 0 fully saturated rings. The van der Waals surface area contributed by atoms with E-state index in [4.69, 9.17) is 9.97 Å². The fourth-order valence-corrected chi connectivity index (χ4v) is 5.85. The molecular weight excluding hydrogens is 522 g/mol. The summed E-state index contributed by atoms with van der Waals surface area (Å²) in [6.45, 7) is 0. The van der Waals surface area contributed by atoms with E-state index in [-0.39, 0.29) is 0 Å². The van der Waals surface area contributed by atoms with Crippen LogP contribution in [-0.2, 0) is 0 Å². The zero-order valence-electron chi connectivity index (χ0n) is 23.4. The fraction of sp³-hybridized carbons (Fsp3) is 0. The van der Waals surface area contributed by atoms with Crippen LogP contribution in [0.25, 0.3) is 56.2 Å². The molecule has 0 saturated heterocycles. The predicted molar refractivity (Wildman–Crippen MR) is 177 cm³/mol. The Kier molecular flexibility index (Phi) is 6.12. The number of nitrogens with zero attached hydrogens (tertiary/aromatic N) is 3. The minimum absolute atomic E-state index is 0.708. The van der Waals surface area contributed by atoms with E-state index in [0.29, 0.717) is 5.82 Å². The van der Waals surface area contributed by atoms with Gasteiger partial charge >= 0.3 is 0 Å². The Morgan fingerprint density at radius 1 is 0.302 bits per heavy atom. The molecule has 0 atom stereocenters. The number of rotatable bonds is 2. The molecule has 0 spiro atoms. The van der Waals surface area contributed by atoms with Gasteiger partial charge in [0.1, 0.15) is 0 Å². The molecule has 0 saturated carbocycles.